The van der Waals surface area contributed by atoms with Gasteiger partial charge in [-0.2, -0.15) is 0 Å². The summed E-state index contributed by atoms with van der Waals surface area (Å²) >= 11 is 0. The Kier molecular flexibility index (Phi) is 8.59. The van der Waals surface area contributed by atoms with Crippen molar-refractivity contribution in [2.45, 2.75) is 33.6 Å². The number of ether oxygens (including phenoxy) is 1. The summed E-state index contributed by atoms with van der Waals surface area (Å²) in [5.74, 6) is 2.59. The van der Waals surface area contributed by atoms with E-state index in [9.17, 15) is 0 Å². The third-order valence-electron chi connectivity index (χ3n) is 6.75. The number of nitrogens with zero attached hydrogens (tertiary/aromatic N) is 7. The van der Waals surface area contributed by atoms with Crippen molar-refractivity contribution in [3.8, 4) is 0 Å². The zero-order valence-corrected chi connectivity index (χ0v) is 21.9. The summed E-state index contributed by atoms with van der Waals surface area (Å²) in [4.78, 5) is 27.3. The third kappa shape index (κ3) is 5.54. The highest BCUT2D eigenvalue weighted by atomic mass is 16.5. The highest BCUT2D eigenvalue weighted by Crippen LogP contribution is 2.36. The van der Waals surface area contributed by atoms with E-state index in [4.69, 9.17) is 14.7 Å². The number of aryl methyl sites for hydroxylation is 1. The summed E-state index contributed by atoms with van der Waals surface area (Å²) in [5.41, 5.74) is 5.20. The summed E-state index contributed by atoms with van der Waals surface area (Å²) in [6.45, 7) is 13.6. The smallest absolute Gasteiger partial charge is 0.159 e. The van der Waals surface area contributed by atoms with Crippen molar-refractivity contribution >= 4 is 24.1 Å². The molecular weight excluding hydrogens is 450 g/mol. The molecule has 5 aliphatic heterocycles. The number of rotatable bonds is 7. The molecule has 5 aliphatic rings. The minimum absolute atomic E-state index is 0.228. The fraction of sp³-hybridized carbons (Fsp3) is 0.464. The summed E-state index contributed by atoms with van der Waals surface area (Å²) in [7, 11) is 1.63. The number of methoxy groups -OCH3 is 1. The highest BCUT2D eigenvalue weighted by Gasteiger charge is 2.33. The molecule has 1 aromatic heterocycles. The number of dihydropyridines is 1. The van der Waals surface area contributed by atoms with Crippen molar-refractivity contribution < 1.29 is 4.74 Å². The maximum Gasteiger partial charge on any atom is 0.159 e. The number of piperidine rings is 1. The van der Waals surface area contributed by atoms with E-state index in [1.165, 1.54) is 25.9 Å². The summed E-state index contributed by atoms with van der Waals surface area (Å²) in [6.07, 6.45) is 14.7. The van der Waals surface area contributed by atoms with Gasteiger partial charge in [-0.3, -0.25) is 15.0 Å². The van der Waals surface area contributed by atoms with Crippen LogP contribution in [-0.2, 0) is 4.74 Å². The number of hydrogen-bond acceptors (Lipinski definition) is 7. The van der Waals surface area contributed by atoms with Crippen molar-refractivity contribution in [1.29, 1.82) is 0 Å². The first-order valence-electron chi connectivity index (χ1n) is 12.8. The number of fused-ring (bicyclic) bond motifs is 2. The lowest BCUT2D eigenvalue weighted by Gasteiger charge is -2.41. The van der Waals surface area contributed by atoms with Gasteiger partial charge in [0.15, 0.2) is 5.84 Å². The lowest BCUT2D eigenvalue weighted by molar-refractivity contribution is 0.208. The van der Waals surface area contributed by atoms with Crippen molar-refractivity contribution in [3.63, 3.8) is 0 Å². The van der Waals surface area contributed by atoms with Crippen LogP contribution in [0, 0.1) is 18.8 Å². The van der Waals surface area contributed by atoms with Crippen molar-refractivity contribution in [2.75, 3.05) is 40.0 Å². The van der Waals surface area contributed by atoms with E-state index in [0.29, 0.717) is 24.0 Å². The molecule has 6 heterocycles. The largest absolute Gasteiger partial charge is 0.377 e. The highest BCUT2D eigenvalue weighted by molar-refractivity contribution is 6.22. The third-order valence-corrected chi connectivity index (χ3v) is 6.75. The van der Waals surface area contributed by atoms with Gasteiger partial charge in [0.2, 0.25) is 0 Å². The second kappa shape index (κ2) is 12.0. The van der Waals surface area contributed by atoms with Gasteiger partial charge in [0, 0.05) is 50.6 Å². The quantitative estimate of drug-likeness (QED) is 0.539. The van der Waals surface area contributed by atoms with Crippen LogP contribution < -0.4 is 0 Å². The molecule has 0 spiro atoms. The van der Waals surface area contributed by atoms with E-state index < -0.39 is 0 Å². The molecule has 0 radical (unpaired) electrons. The Bertz CT molecular complexity index is 1140. The van der Waals surface area contributed by atoms with E-state index in [0.717, 1.165) is 35.1 Å². The van der Waals surface area contributed by atoms with Crippen LogP contribution in [0.3, 0.4) is 0 Å². The Morgan fingerprint density at radius 2 is 2.03 bits per heavy atom. The number of pyridine rings is 1. The SMILES string of the molecule is C=N/C=C1/N=C(c2cncc(C)c2)N(CC2=NCC(C3=CN4CCC3CC4)C=C2)/C1=N/COC.CC. The summed E-state index contributed by atoms with van der Waals surface area (Å²) in [6, 6.07) is 2.07. The van der Waals surface area contributed by atoms with Crippen LogP contribution in [-0.4, -0.2) is 78.9 Å². The van der Waals surface area contributed by atoms with Gasteiger partial charge in [-0.05, 0) is 61.9 Å². The normalized spacial score (nSPS) is 23.4. The Hall–Kier alpha value is -3.39. The molecule has 0 amide bonds. The molecule has 8 heteroatoms. The Morgan fingerprint density at radius 3 is 2.64 bits per heavy atom. The minimum Gasteiger partial charge on any atom is -0.377 e. The monoisotopic (exact) mass is 487 g/mol. The summed E-state index contributed by atoms with van der Waals surface area (Å²) < 4.78 is 5.23. The van der Waals surface area contributed by atoms with Gasteiger partial charge in [-0.15, -0.1) is 0 Å². The zero-order valence-electron chi connectivity index (χ0n) is 21.9. The molecule has 0 aliphatic carbocycles. The van der Waals surface area contributed by atoms with Crippen LogP contribution in [0.2, 0.25) is 0 Å². The number of hydrogen-bond donors (Lipinski definition) is 0. The molecule has 1 saturated heterocycles. The molecule has 0 saturated carbocycles. The number of aromatic nitrogens is 1. The Morgan fingerprint density at radius 1 is 1.22 bits per heavy atom. The molecule has 0 N–H and O–H groups in total. The van der Waals surface area contributed by atoms with Crippen LogP contribution in [0.1, 0.15) is 37.8 Å². The average molecular weight is 488 g/mol. The van der Waals surface area contributed by atoms with Gasteiger partial charge in [-0.1, -0.05) is 19.9 Å². The molecule has 6 rings (SSSR count). The van der Waals surface area contributed by atoms with Crippen LogP contribution in [0.5, 0.6) is 0 Å². The molecule has 1 atom stereocenters. The first kappa shape index (κ1) is 25.7. The predicted octanol–water partition coefficient (Wildman–Crippen LogP) is 4.26. The van der Waals surface area contributed by atoms with Gasteiger partial charge in [0.05, 0.1) is 18.5 Å². The van der Waals surface area contributed by atoms with E-state index >= 15 is 0 Å². The maximum atomic E-state index is 5.23. The minimum atomic E-state index is 0.228. The maximum absolute atomic E-state index is 5.23. The number of aliphatic imine (C=N–C) groups is 4. The van der Waals surface area contributed by atoms with E-state index in [1.807, 2.05) is 33.2 Å². The van der Waals surface area contributed by atoms with Crippen LogP contribution in [0.15, 0.2) is 74.3 Å². The second-order valence-corrected chi connectivity index (χ2v) is 9.11. The van der Waals surface area contributed by atoms with Crippen molar-refractivity contribution in [1.82, 2.24) is 14.8 Å². The molecule has 0 aromatic carbocycles. The van der Waals surface area contributed by atoms with Crippen LogP contribution in [0.25, 0.3) is 0 Å². The van der Waals surface area contributed by atoms with E-state index in [2.05, 4.69) is 55.9 Å². The van der Waals surface area contributed by atoms with Crippen LogP contribution in [0.4, 0.5) is 0 Å². The second-order valence-electron chi connectivity index (χ2n) is 9.11. The fourth-order valence-electron chi connectivity index (χ4n) is 5.09. The van der Waals surface area contributed by atoms with Gasteiger partial charge in [0.25, 0.3) is 0 Å². The van der Waals surface area contributed by atoms with Crippen molar-refractivity contribution in [2.24, 2.45) is 31.8 Å². The molecule has 1 fully saturated rings. The first-order chi connectivity index (χ1) is 17.7. The zero-order chi connectivity index (χ0) is 25.5. The molecule has 2 bridgehead atoms. The average Bonchev–Trinajstić information content (AvgIpc) is 3.26. The van der Waals surface area contributed by atoms with Gasteiger partial charge >= 0.3 is 0 Å². The summed E-state index contributed by atoms with van der Waals surface area (Å²) in [5, 5.41) is 0. The lowest BCUT2D eigenvalue weighted by Crippen LogP contribution is -2.39. The van der Waals surface area contributed by atoms with E-state index in [1.54, 1.807) is 18.9 Å². The molecule has 1 unspecified atom stereocenters. The molecule has 8 nitrogen and oxygen atoms in total. The fourth-order valence-corrected chi connectivity index (χ4v) is 5.09. The Labute approximate surface area is 214 Å². The predicted molar refractivity (Wildman–Crippen MR) is 148 cm³/mol. The molecule has 36 heavy (non-hydrogen) atoms. The van der Waals surface area contributed by atoms with Crippen LogP contribution >= 0.6 is 0 Å². The molecule has 1 aromatic rings. The standard InChI is InChI=1S/C26H31N7O.C2H6/c1-18-10-21(12-28-11-18)25-31-24(14-27-2)26(30-17-34-3)33(25)15-22-5-4-20(13-29-22)23-16-32-8-6-19(23)7-9-32;1-2/h4-5,10-12,14,16,19-20H,2,6-9,13,15,17H2,1,3H3;1-2H3/b24-14+,30-26+;. The van der Waals surface area contributed by atoms with Gasteiger partial charge in [0.1, 0.15) is 18.3 Å². The topological polar surface area (TPSA) is 78.0 Å². The number of amidine groups is 2. The lowest BCUT2D eigenvalue weighted by atomic mass is 9.78. The van der Waals surface area contributed by atoms with Gasteiger partial charge in [-0.25, -0.2) is 9.98 Å². The van der Waals surface area contributed by atoms with E-state index in [-0.39, 0.29) is 6.73 Å². The van der Waals surface area contributed by atoms with Gasteiger partial charge < -0.3 is 14.5 Å². The Balaban J connectivity index is 0.00000148. The first-order valence-corrected chi connectivity index (χ1v) is 12.8. The van der Waals surface area contributed by atoms with Crippen molar-refractivity contribution in [3.05, 3.63) is 65.4 Å². The molecule has 190 valence electrons. The molecular formula is C28H37N7O.